The van der Waals surface area contributed by atoms with Gasteiger partial charge in [-0.15, -0.1) is 0 Å². The van der Waals surface area contributed by atoms with Crippen LogP contribution in [-0.2, 0) is 4.79 Å². The largest absolute Gasteiger partial charge is 0.433 e. The van der Waals surface area contributed by atoms with E-state index in [4.69, 9.17) is 0 Å². The maximum atomic E-state index is 12.5. The van der Waals surface area contributed by atoms with Gasteiger partial charge in [0.25, 0.3) is 0 Å². The number of alkyl halides is 2. The molecule has 0 radical (unpaired) electrons. The lowest BCUT2D eigenvalue weighted by atomic mass is 9.48. The summed E-state index contributed by atoms with van der Waals surface area (Å²) in [6.45, 7) is -0.711. The Bertz CT molecular complexity index is 659. The van der Waals surface area contributed by atoms with Crippen LogP contribution in [0.2, 0.25) is 0 Å². The molecule has 4 saturated carbocycles. The lowest BCUT2D eigenvalue weighted by molar-refractivity contribution is -0.124. The molecule has 27 heavy (non-hydrogen) atoms. The van der Waals surface area contributed by atoms with Gasteiger partial charge in [-0.25, -0.2) is 0 Å². The summed E-state index contributed by atoms with van der Waals surface area (Å²) in [4.78, 5) is 12.5. The molecule has 5 rings (SSSR count). The molecule has 0 aromatic heterocycles. The molecule has 4 fully saturated rings. The van der Waals surface area contributed by atoms with E-state index in [-0.39, 0.29) is 29.7 Å². The first-order valence-electron chi connectivity index (χ1n) is 10.0. The van der Waals surface area contributed by atoms with Gasteiger partial charge in [0, 0.05) is 6.04 Å². The van der Waals surface area contributed by atoms with Crippen LogP contribution < -0.4 is 15.4 Å². The van der Waals surface area contributed by atoms with Crippen LogP contribution in [-0.4, -0.2) is 25.1 Å². The van der Waals surface area contributed by atoms with E-state index >= 15 is 0 Å². The molecule has 4 aliphatic carbocycles. The van der Waals surface area contributed by atoms with Crippen molar-refractivity contribution in [1.82, 2.24) is 5.32 Å². The lowest BCUT2D eigenvalue weighted by Crippen LogP contribution is -2.56. The van der Waals surface area contributed by atoms with Crippen molar-refractivity contribution in [3.8, 4) is 5.75 Å². The van der Waals surface area contributed by atoms with Gasteiger partial charge in [-0.05, 0) is 80.8 Å². The molecule has 4 aliphatic rings. The third kappa shape index (κ3) is 3.90. The van der Waals surface area contributed by atoms with E-state index in [2.05, 4.69) is 22.3 Å². The number of carbonyl (C=O) groups is 1. The summed E-state index contributed by atoms with van der Waals surface area (Å²) in [7, 11) is 0. The quantitative estimate of drug-likeness (QED) is 0.738. The highest BCUT2D eigenvalue weighted by Crippen LogP contribution is 2.61. The second-order valence-corrected chi connectivity index (χ2v) is 8.80. The molecular weight excluding hydrogens is 350 g/mol. The Morgan fingerprint density at radius 1 is 1.15 bits per heavy atom. The highest BCUT2D eigenvalue weighted by molar-refractivity contribution is 5.81. The van der Waals surface area contributed by atoms with Crippen molar-refractivity contribution < 1.29 is 18.3 Å². The van der Waals surface area contributed by atoms with E-state index in [9.17, 15) is 13.6 Å². The van der Waals surface area contributed by atoms with Crippen LogP contribution in [0.3, 0.4) is 0 Å². The standard InChI is InChI=1S/C21H28F2N2O2/c1-13(21-9-14-6-15(10-21)8-16(7-14)11-21)25-19(26)12-24-17-4-2-3-5-18(17)27-20(22)23/h2-5,13-16,20,24H,6-12H2,1H3,(H,25,26)/t13-,14?,15?,16?,21?/m0/s1. The number of ether oxygens (including phenoxy) is 1. The van der Waals surface area contributed by atoms with E-state index in [1.165, 1.54) is 44.6 Å². The van der Waals surface area contributed by atoms with Crippen LogP contribution in [0.4, 0.5) is 14.5 Å². The molecular formula is C21H28F2N2O2. The monoisotopic (exact) mass is 378 g/mol. The fourth-order valence-electron chi connectivity index (χ4n) is 6.14. The molecule has 1 amide bonds. The summed E-state index contributed by atoms with van der Waals surface area (Å²) in [5.41, 5.74) is 0.650. The number of rotatable bonds is 7. The molecule has 6 heteroatoms. The second kappa shape index (κ2) is 7.28. The maximum Gasteiger partial charge on any atom is 0.387 e. The Balaban J connectivity index is 1.34. The normalized spacial score (nSPS) is 32.4. The second-order valence-electron chi connectivity index (χ2n) is 8.80. The molecule has 0 spiro atoms. The van der Waals surface area contributed by atoms with Crippen molar-refractivity contribution in [3.05, 3.63) is 24.3 Å². The molecule has 1 atom stereocenters. The van der Waals surface area contributed by atoms with Crippen molar-refractivity contribution in [3.63, 3.8) is 0 Å². The molecule has 0 unspecified atom stereocenters. The van der Waals surface area contributed by atoms with E-state index in [1.54, 1.807) is 18.2 Å². The minimum absolute atomic E-state index is 0.0420. The van der Waals surface area contributed by atoms with Gasteiger partial charge in [0.15, 0.2) is 0 Å². The summed E-state index contributed by atoms with van der Waals surface area (Å²) < 4.78 is 29.5. The fourth-order valence-corrected chi connectivity index (χ4v) is 6.14. The van der Waals surface area contributed by atoms with Crippen molar-refractivity contribution in [2.24, 2.45) is 23.2 Å². The molecule has 2 N–H and O–H groups in total. The van der Waals surface area contributed by atoms with Crippen molar-refractivity contribution in [2.75, 3.05) is 11.9 Å². The molecule has 0 aliphatic heterocycles. The van der Waals surface area contributed by atoms with E-state index < -0.39 is 6.61 Å². The molecule has 0 saturated heterocycles. The number of amides is 1. The zero-order valence-electron chi connectivity index (χ0n) is 15.7. The topological polar surface area (TPSA) is 50.4 Å². The van der Waals surface area contributed by atoms with Gasteiger partial charge in [0.05, 0.1) is 12.2 Å². The lowest BCUT2D eigenvalue weighted by Gasteiger charge is -2.59. The number of halogens is 2. The smallest absolute Gasteiger partial charge is 0.387 e. The average molecular weight is 378 g/mol. The highest BCUT2D eigenvalue weighted by Gasteiger charge is 2.53. The van der Waals surface area contributed by atoms with Gasteiger partial charge in [-0.2, -0.15) is 8.78 Å². The molecule has 4 nitrogen and oxygen atoms in total. The summed E-state index contributed by atoms with van der Waals surface area (Å²) >= 11 is 0. The molecule has 4 bridgehead atoms. The number of nitrogens with one attached hydrogen (secondary N) is 2. The first-order chi connectivity index (χ1) is 12.9. The third-order valence-corrected chi connectivity index (χ3v) is 6.92. The predicted molar refractivity (Wildman–Crippen MR) is 99.8 cm³/mol. The van der Waals surface area contributed by atoms with Crippen LogP contribution in [0.15, 0.2) is 24.3 Å². The molecule has 1 aromatic rings. The van der Waals surface area contributed by atoms with Gasteiger partial charge >= 0.3 is 6.61 Å². The van der Waals surface area contributed by atoms with Crippen molar-refractivity contribution in [2.45, 2.75) is 58.1 Å². The summed E-state index contributed by atoms with van der Waals surface area (Å²) in [5.74, 6) is 2.46. The Morgan fingerprint density at radius 3 is 2.33 bits per heavy atom. The third-order valence-electron chi connectivity index (χ3n) is 6.92. The Hall–Kier alpha value is -1.85. The zero-order chi connectivity index (χ0) is 19.0. The highest BCUT2D eigenvalue weighted by atomic mass is 19.3. The Labute approximate surface area is 159 Å². The first kappa shape index (κ1) is 18.5. The first-order valence-corrected chi connectivity index (χ1v) is 10.0. The Kier molecular flexibility index (Phi) is 4.99. The number of carbonyl (C=O) groups excluding carboxylic acids is 1. The van der Waals surface area contributed by atoms with Gasteiger partial charge in [-0.1, -0.05) is 12.1 Å². The maximum absolute atomic E-state index is 12.5. The van der Waals surface area contributed by atoms with Gasteiger partial charge in [0.2, 0.25) is 5.91 Å². The van der Waals surface area contributed by atoms with Crippen LogP contribution in [0.5, 0.6) is 5.75 Å². The Morgan fingerprint density at radius 2 is 1.74 bits per heavy atom. The van der Waals surface area contributed by atoms with E-state index in [1.807, 2.05) is 0 Å². The van der Waals surface area contributed by atoms with Crippen LogP contribution in [0, 0.1) is 23.2 Å². The number of anilines is 1. The van der Waals surface area contributed by atoms with Crippen LogP contribution >= 0.6 is 0 Å². The SMILES string of the molecule is C[C@H](NC(=O)CNc1ccccc1OC(F)F)C12CC3CC(CC(C3)C1)C2. The molecule has 0 heterocycles. The summed E-state index contributed by atoms with van der Waals surface area (Å²) in [6, 6.07) is 6.58. The number of benzene rings is 1. The minimum atomic E-state index is -2.89. The van der Waals surface area contributed by atoms with Gasteiger partial charge < -0.3 is 15.4 Å². The number of hydrogen-bond donors (Lipinski definition) is 2. The summed E-state index contributed by atoms with van der Waals surface area (Å²) in [6.07, 6.45) is 7.84. The summed E-state index contributed by atoms with van der Waals surface area (Å²) in [5, 5.41) is 6.10. The molecule has 148 valence electrons. The fraction of sp³-hybridized carbons (Fsp3) is 0.667. The van der Waals surface area contributed by atoms with E-state index in [0.717, 1.165) is 17.8 Å². The van der Waals surface area contributed by atoms with Crippen molar-refractivity contribution in [1.29, 1.82) is 0 Å². The van der Waals surface area contributed by atoms with Crippen molar-refractivity contribution >= 4 is 11.6 Å². The molecule has 1 aromatic carbocycles. The predicted octanol–water partition coefficient (Wildman–Crippen LogP) is 4.42. The number of para-hydroxylation sites is 2. The van der Waals surface area contributed by atoms with E-state index in [0.29, 0.717) is 5.69 Å². The van der Waals surface area contributed by atoms with Crippen LogP contribution in [0.1, 0.15) is 45.4 Å². The van der Waals surface area contributed by atoms with Crippen LogP contribution in [0.25, 0.3) is 0 Å². The van der Waals surface area contributed by atoms with Gasteiger partial charge in [0.1, 0.15) is 5.75 Å². The zero-order valence-corrected chi connectivity index (χ0v) is 15.7. The minimum Gasteiger partial charge on any atom is -0.433 e. The average Bonchev–Trinajstić information content (AvgIpc) is 2.59. The van der Waals surface area contributed by atoms with Gasteiger partial charge in [-0.3, -0.25) is 4.79 Å². The number of hydrogen-bond acceptors (Lipinski definition) is 3.